The Hall–Kier alpha value is -1.72. The lowest BCUT2D eigenvalue weighted by Crippen LogP contribution is -2.45. The summed E-state index contributed by atoms with van der Waals surface area (Å²) in [5.41, 5.74) is 0.918. The molecule has 0 radical (unpaired) electrons. The zero-order valence-electron chi connectivity index (χ0n) is 8.61. The first-order valence-corrected chi connectivity index (χ1v) is 5.75. The first-order chi connectivity index (χ1) is 8.11. The summed E-state index contributed by atoms with van der Waals surface area (Å²) in [5.74, 6) is 4.54. The molecule has 0 bridgehead atoms. The Morgan fingerprint density at radius 3 is 2.35 bits per heavy atom. The summed E-state index contributed by atoms with van der Waals surface area (Å²) in [4.78, 5) is 23.8. The Labute approximate surface area is 105 Å². The maximum Gasteiger partial charge on any atom is 0.275 e. The van der Waals surface area contributed by atoms with E-state index in [2.05, 4.69) is 15.9 Å². The highest BCUT2D eigenvalue weighted by molar-refractivity contribution is 9.10. The number of carbonyl (C=O) groups is 2. The van der Waals surface area contributed by atoms with E-state index in [9.17, 15) is 9.59 Å². The molecule has 0 atom stereocenters. The summed E-state index contributed by atoms with van der Waals surface area (Å²) in [7, 11) is 0. The number of nitrogens with two attached hydrogens (primary N) is 1. The average Bonchev–Trinajstić information content (AvgIpc) is 2.35. The van der Waals surface area contributed by atoms with Crippen molar-refractivity contribution in [2.75, 3.05) is 0 Å². The summed E-state index contributed by atoms with van der Waals surface area (Å²) >= 11 is 3.41. The van der Waals surface area contributed by atoms with Crippen molar-refractivity contribution in [2.24, 2.45) is 5.84 Å². The molecule has 0 aromatic heterocycles. The van der Waals surface area contributed by atoms with Crippen molar-refractivity contribution >= 4 is 38.5 Å². The minimum atomic E-state index is -0.466. The normalized spacial score (nSPS) is 14.6. The summed E-state index contributed by atoms with van der Waals surface area (Å²) in [6, 6.07) is 8.76. The minimum absolute atomic E-state index is 0.459. The second-order valence-electron chi connectivity index (χ2n) is 3.80. The van der Waals surface area contributed by atoms with Crippen LogP contribution in [0, 0.1) is 0 Å². The minimum Gasteiger partial charge on any atom is -0.267 e. The van der Waals surface area contributed by atoms with Crippen LogP contribution in [0.4, 0.5) is 0 Å². The molecule has 2 aromatic rings. The number of hydrogen-bond donors (Lipinski definition) is 1. The van der Waals surface area contributed by atoms with Gasteiger partial charge in [-0.1, -0.05) is 28.1 Å². The van der Waals surface area contributed by atoms with Gasteiger partial charge in [0.05, 0.1) is 11.1 Å². The van der Waals surface area contributed by atoms with Gasteiger partial charge in [-0.3, -0.25) is 9.59 Å². The molecule has 4 nitrogen and oxygen atoms in total. The van der Waals surface area contributed by atoms with Gasteiger partial charge in [-0.2, -0.15) is 0 Å². The third-order valence-corrected chi connectivity index (χ3v) is 3.58. The Kier molecular flexibility index (Phi) is 2.08. The fourth-order valence-electron chi connectivity index (χ4n) is 2.08. The van der Waals surface area contributed by atoms with Crippen molar-refractivity contribution in [1.29, 1.82) is 0 Å². The van der Waals surface area contributed by atoms with Crippen molar-refractivity contribution < 1.29 is 9.59 Å². The van der Waals surface area contributed by atoms with E-state index in [-0.39, 0.29) is 0 Å². The molecule has 3 rings (SSSR count). The van der Waals surface area contributed by atoms with Crippen molar-refractivity contribution in [3.8, 4) is 0 Å². The van der Waals surface area contributed by atoms with E-state index in [1.165, 1.54) is 0 Å². The van der Waals surface area contributed by atoms with E-state index in [4.69, 9.17) is 5.84 Å². The molecule has 1 heterocycles. The molecule has 1 aliphatic rings. The predicted octanol–water partition coefficient (Wildman–Crippen LogP) is 2.07. The van der Waals surface area contributed by atoms with Gasteiger partial charge in [0.2, 0.25) is 0 Å². The molecule has 0 saturated carbocycles. The highest BCUT2D eigenvalue weighted by Crippen LogP contribution is 2.33. The topological polar surface area (TPSA) is 63.4 Å². The van der Waals surface area contributed by atoms with Crippen LogP contribution < -0.4 is 5.84 Å². The van der Waals surface area contributed by atoms with Gasteiger partial charge in [0.1, 0.15) is 0 Å². The van der Waals surface area contributed by atoms with Gasteiger partial charge in [-0.15, -0.1) is 0 Å². The molecule has 1 aliphatic heterocycles. The van der Waals surface area contributed by atoms with Crippen LogP contribution in [0.15, 0.2) is 34.8 Å². The quantitative estimate of drug-likeness (QED) is 0.459. The van der Waals surface area contributed by atoms with E-state index >= 15 is 0 Å². The molecule has 2 amide bonds. The summed E-state index contributed by atoms with van der Waals surface area (Å²) in [6.45, 7) is 0. The Bertz CT molecular complexity index is 659. The maximum atomic E-state index is 11.9. The number of nitrogens with zero attached hydrogens (tertiary/aromatic N) is 1. The summed E-state index contributed by atoms with van der Waals surface area (Å²) in [6.07, 6.45) is 0. The van der Waals surface area contributed by atoms with E-state index in [1.54, 1.807) is 24.3 Å². The fourth-order valence-corrected chi connectivity index (χ4v) is 2.54. The molecule has 0 saturated heterocycles. The Morgan fingerprint density at radius 2 is 1.65 bits per heavy atom. The fraction of sp³-hybridized carbons (Fsp3) is 0. The van der Waals surface area contributed by atoms with Gasteiger partial charge in [0, 0.05) is 9.86 Å². The molecule has 0 unspecified atom stereocenters. The molecule has 0 spiro atoms. The maximum absolute atomic E-state index is 11.9. The lowest BCUT2D eigenvalue weighted by Gasteiger charge is -2.23. The third kappa shape index (κ3) is 1.26. The van der Waals surface area contributed by atoms with Crippen LogP contribution in [-0.2, 0) is 0 Å². The number of benzene rings is 2. The molecule has 17 heavy (non-hydrogen) atoms. The Balaban J connectivity index is 2.54. The first kappa shape index (κ1) is 10.4. The predicted molar refractivity (Wildman–Crippen MR) is 66.3 cm³/mol. The van der Waals surface area contributed by atoms with E-state index in [0.717, 1.165) is 9.86 Å². The van der Waals surface area contributed by atoms with E-state index < -0.39 is 11.8 Å². The van der Waals surface area contributed by atoms with Crippen LogP contribution >= 0.6 is 15.9 Å². The molecular formula is C12H7BrN2O2. The van der Waals surface area contributed by atoms with Crippen LogP contribution in [0.3, 0.4) is 0 Å². The van der Waals surface area contributed by atoms with Gasteiger partial charge in [0.15, 0.2) is 0 Å². The lowest BCUT2D eigenvalue weighted by molar-refractivity contribution is 0.0610. The number of carbonyl (C=O) groups excluding carboxylic acids is 2. The lowest BCUT2D eigenvalue weighted by atomic mass is 9.95. The molecule has 84 valence electrons. The zero-order valence-corrected chi connectivity index (χ0v) is 10.2. The van der Waals surface area contributed by atoms with Gasteiger partial charge in [0.25, 0.3) is 11.8 Å². The van der Waals surface area contributed by atoms with Crippen molar-refractivity contribution in [3.63, 3.8) is 0 Å². The average molecular weight is 291 g/mol. The first-order valence-electron chi connectivity index (χ1n) is 4.96. The van der Waals surface area contributed by atoms with Gasteiger partial charge >= 0.3 is 0 Å². The SMILES string of the molecule is NN1C(=O)c2cccc3c(Br)ccc(c23)C1=O. The molecule has 2 aromatic carbocycles. The van der Waals surface area contributed by atoms with Crippen molar-refractivity contribution in [1.82, 2.24) is 5.01 Å². The molecule has 0 aliphatic carbocycles. The van der Waals surface area contributed by atoms with E-state index in [1.807, 2.05) is 6.07 Å². The number of imide groups is 1. The second-order valence-corrected chi connectivity index (χ2v) is 4.66. The second kappa shape index (κ2) is 3.38. The largest absolute Gasteiger partial charge is 0.275 e. The van der Waals surface area contributed by atoms with Crippen LogP contribution in [0.25, 0.3) is 10.8 Å². The van der Waals surface area contributed by atoms with Crippen LogP contribution in [-0.4, -0.2) is 16.8 Å². The zero-order chi connectivity index (χ0) is 12.2. The number of hydrazine groups is 1. The van der Waals surface area contributed by atoms with Crippen LogP contribution in [0.1, 0.15) is 20.7 Å². The molecule has 2 N–H and O–H groups in total. The van der Waals surface area contributed by atoms with Crippen LogP contribution in [0.5, 0.6) is 0 Å². The number of rotatable bonds is 0. The number of amides is 2. The highest BCUT2D eigenvalue weighted by Gasteiger charge is 2.31. The van der Waals surface area contributed by atoms with Crippen molar-refractivity contribution in [2.45, 2.75) is 0 Å². The third-order valence-electron chi connectivity index (χ3n) is 2.89. The number of halogens is 1. The van der Waals surface area contributed by atoms with Gasteiger partial charge in [-0.25, -0.2) is 10.9 Å². The summed E-state index contributed by atoms with van der Waals surface area (Å²) < 4.78 is 0.851. The smallest absolute Gasteiger partial charge is 0.267 e. The monoisotopic (exact) mass is 290 g/mol. The van der Waals surface area contributed by atoms with Crippen LogP contribution in [0.2, 0.25) is 0 Å². The highest BCUT2D eigenvalue weighted by atomic mass is 79.9. The molecular weight excluding hydrogens is 284 g/mol. The standard InChI is InChI=1S/C12H7BrN2O2/c13-9-5-4-8-10-6(9)2-1-3-7(10)11(16)15(14)12(8)17/h1-5H,14H2. The van der Waals surface area contributed by atoms with E-state index in [0.29, 0.717) is 21.5 Å². The summed E-state index contributed by atoms with van der Waals surface area (Å²) in [5, 5.41) is 2.17. The Morgan fingerprint density at radius 1 is 1.00 bits per heavy atom. The molecule has 0 fully saturated rings. The van der Waals surface area contributed by atoms with Gasteiger partial charge in [-0.05, 0) is 23.6 Å². The molecule has 5 heteroatoms. The number of hydrogen-bond acceptors (Lipinski definition) is 3. The van der Waals surface area contributed by atoms with Gasteiger partial charge < -0.3 is 0 Å². The van der Waals surface area contributed by atoms with Crippen molar-refractivity contribution in [3.05, 3.63) is 45.9 Å².